The maximum absolute atomic E-state index is 13.4. The molecule has 0 aromatic heterocycles. The monoisotopic (exact) mass is 217 g/mol. The molecular formula is C10H13ClFNO. The smallest absolute Gasteiger partial charge is 0.129 e. The first kappa shape index (κ1) is 11.4. The molecule has 0 spiro atoms. The lowest BCUT2D eigenvalue weighted by Crippen LogP contribution is -2.14. The highest BCUT2D eigenvalue weighted by Crippen LogP contribution is 2.29. The standard InChI is InChI=1S/C10H13ClFNO/c1-6-2-3-7(12)9(10(6)11)8(13)4-5-14/h2-3,8,14H,4-5,13H2,1H3/t8-/m0/s1. The minimum atomic E-state index is -0.549. The average Bonchev–Trinajstić information content (AvgIpc) is 2.13. The summed E-state index contributed by atoms with van der Waals surface area (Å²) < 4.78 is 13.4. The molecule has 0 unspecified atom stereocenters. The largest absolute Gasteiger partial charge is 0.396 e. The fourth-order valence-electron chi connectivity index (χ4n) is 1.30. The van der Waals surface area contributed by atoms with Gasteiger partial charge in [0.25, 0.3) is 0 Å². The molecule has 0 saturated heterocycles. The summed E-state index contributed by atoms with van der Waals surface area (Å²) in [6, 6.07) is 2.40. The van der Waals surface area contributed by atoms with E-state index in [4.69, 9.17) is 22.4 Å². The van der Waals surface area contributed by atoms with Crippen molar-refractivity contribution < 1.29 is 9.50 Å². The lowest BCUT2D eigenvalue weighted by Gasteiger charge is -2.14. The third-order valence-corrected chi connectivity index (χ3v) is 2.63. The second kappa shape index (κ2) is 4.73. The second-order valence-electron chi connectivity index (χ2n) is 3.21. The number of aryl methyl sites for hydroxylation is 1. The normalized spacial score (nSPS) is 12.9. The number of nitrogens with two attached hydrogens (primary N) is 1. The lowest BCUT2D eigenvalue weighted by molar-refractivity contribution is 0.275. The molecule has 1 atom stereocenters. The van der Waals surface area contributed by atoms with E-state index in [2.05, 4.69) is 0 Å². The molecule has 3 N–H and O–H groups in total. The summed E-state index contributed by atoms with van der Waals surface area (Å²) in [5.41, 5.74) is 6.77. The van der Waals surface area contributed by atoms with Crippen LogP contribution in [0.4, 0.5) is 4.39 Å². The van der Waals surface area contributed by atoms with Gasteiger partial charge in [0.15, 0.2) is 0 Å². The summed E-state index contributed by atoms with van der Waals surface area (Å²) in [5.74, 6) is -0.415. The Balaban J connectivity index is 3.11. The molecule has 0 heterocycles. The van der Waals surface area contributed by atoms with Crippen molar-refractivity contribution in [3.05, 3.63) is 34.1 Å². The van der Waals surface area contributed by atoms with E-state index in [1.807, 2.05) is 0 Å². The van der Waals surface area contributed by atoms with Gasteiger partial charge in [0.1, 0.15) is 5.82 Å². The Bertz CT molecular complexity index is 330. The van der Waals surface area contributed by atoms with E-state index in [9.17, 15) is 4.39 Å². The zero-order chi connectivity index (χ0) is 10.7. The average molecular weight is 218 g/mol. The van der Waals surface area contributed by atoms with Crippen LogP contribution in [0.1, 0.15) is 23.6 Å². The fraction of sp³-hybridized carbons (Fsp3) is 0.400. The molecule has 78 valence electrons. The predicted octanol–water partition coefficient (Wildman–Crippen LogP) is 2.17. The van der Waals surface area contributed by atoms with Crippen LogP contribution in [0.25, 0.3) is 0 Å². The highest BCUT2D eigenvalue weighted by Gasteiger charge is 2.16. The predicted molar refractivity (Wildman–Crippen MR) is 54.8 cm³/mol. The summed E-state index contributed by atoms with van der Waals surface area (Å²) in [6.45, 7) is 1.71. The molecule has 0 saturated carbocycles. The van der Waals surface area contributed by atoms with Gasteiger partial charge in [-0.25, -0.2) is 4.39 Å². The van der Waals surface area contributed by atoms with Crippen molar-refractivity contribution in [1.82, 2.24) is 0 Å². The van der Waals surface area contributed by atoms with Crippen LogP contribution in [-0.4, -0.2) is 11.7 Å². The van der Waals surface area contributed by atoms with Crippen LogP contribution in [0.5, 0.6) is 0 Å². The van der Waals surface area contributed by atoms with Crippen molar-refractivity contribution in [3.8, 4) is 0 Å². The molecule has 0 bridgehead atoms. The molecular weight excluding hydrogens is 205 g/mol. The minimum Gasteiger partial charge on any atom is -0.396 e. The van der Waals surface area contributed by atoms with Gasteiger partial charge < -0.3 is 10.8 Å². The maximum atomic E-state index is 13.4. The van der Waals surface area contributed by atoms with Crippen LogP contribution >= 0.6 is 11.6 Å². The Labute approximate surface area is 87.5 Å². The molecule has 0 fully saturated rings. The summed E-state index contributed by atoms with van der Waals surface area (Å²) in [4.78, 5) is 0. The van der Waals surface area contributed by atoms with E-state index in [1.165, 1.54) is 6.07 Å². The van der Waals surface area contributed by atoms with Crippen molar-refractivity contribution in [1.29, 1.82) is 0 Å². The number of rotatable bonds is 3. The Kier molecular flexibility index (Phi) is 3.86. The molecule has 0 radical (unpaired) electrons. The summed E-state index contributed by atoms with van der Waals surface area (Å²) >= 11 is 5.93. The first-order chi connectivity index (χ1) is 6.57. The zero-order valence-electron chi connectivity index (χ0n) is 7.93. The molecule has 14 heavy (non-hydrogen) atoms. The number of benzene rings is 1. The fourth-order valence-corrected chi connectivity index (χ4v) is 1.60. The first-order valence-corrected chi connectivity index (χ1v) is 4.76. The number of hydrogen-bond donors (Lipinski definition) is 2. The number of aliphatic hydroxyl groups excluding tert-OH is 1. The molecule has 0 aliphatic carbocycles. The topological polar surface area (TPSA) is 46.2 Å². The van der Waals surface area contributed by atoms with Gasteiger partial charge in [-0.3, -0.25) is 0 Å². The van der Waals surface area contributed by atoms with Gasteiger partial charge in [-0.15, -0.1) is 0 Å². The Morgan fingerprint density at radius 2 is 2.21 bits per heavy atom. The van der Waals surface area contributed by atoms with E-state index in [0.717, 1.165) is 5.56 Å². The molecule has 0 aliphatic heterocycles. The summed E-state index contributed by atoms with van der Waals surface area (Å²) in [6.07, 6.45) is 0.306. The van der Waals surface area contributed by atoms with Crippen molar-refractivity contribution in [2.24, 2.45) is 5.73 Å². The second-order valence-corrected chi connectivity index (χ2v) is 3.59. The van der Waals surface area contributed by atoms with Gasteiger partial charge in [-0.2, -0.15) is 0 Å². The zero-order valence-corrected chi connectivity index (χ0v) is 8.68. The van der Waals surface area contributed by atoms with Gasteiger partial charge >= 0.3 is 0 Å². The first-order valence-electron chi connectivity index (χ1n) is 4.39. The highest BCUT2D eigenvalue weighted by molar-refractivity contribution is 6.32. The van der Waals surface area contributed by atoms with Crippen molar-refractivity contribution in [2.45, 2.75) is 19.4 Å². The Morgan fingerprint density at radius 1 is 1.57 bits per heavy atom. The number of hydrogen-bond acceptors (Lipinski definition) is 2. The molecule has 1 aromatic carbocycles. The van der Waals surface area contributed by atoms with Crippen LogP contribution in [0.3, 0.4) is 0 Å². The minimum absolute atomic E-state index is 0.0785. The van der Waals surface area contributed by atoms with E-state index >= 15 is 0 Å². The highest BCUT2D eigenvalue weighted by atomic mass is 35.5. The van der Waals surface area contributed by atoms with Crippen LogP contribution in [0, 0.1) is 12.7 Å². The van der Waals surface area contributed by atoms with Gasteiger partial charge in [-0.1, -0.05) is 17.7 Å². The molecule has 1 rings (SSSR count). The van der Waals surface area contributed by atoms with Gasteiger partial charge in [0, 0.05) is 18.2 Å². The van der Waals surface area contributed by atoms with Crippen LogP contribution in [0.15, 0.2) is 12.1 Å². The molecule has 2 nitrogen and oxygen atoms in total. The van der Waals surface area contributed by atoms with Gasteiger partial charge in [0.05, 0.1) is 5.02 Å². The maximum Gasteiger partial charge on any atom is 0.129 e. The third kappa shape index (κ3) is 2.23. The number of aliphatic hydroxyl groups is 1. The van der Waals surface area contributed by atoms with E-state index in [1.54, 1.807) is 13.0 Å². The van der Waals surface area contributed by atoms with Gasteiger partial charge in [0.2, 0.25) is 0 Å². The quantitative estimate of drug-likeness (QED) is 0.815. The van der Waals surface area contributed by atoms with E-state index in [0.29, 0.717) is 17.0 Å². The van der Waals surface area contributed by atoms with Crippen molar-refractivity contribution in [2.75, 3.05) is 6.61 Å². The van der Waals surface area contributed by atoms with Crippen molar-refractivity contribution >= 4 is 11.6 Å². The molecule has 1 aromatic rings. The van der Waals surface area contributed by atoms with Crippen LogP contribution in [-0.2, 0) is 0 Å². The van der Waals surface area contributed by atoms with Crippen molar-refractivity contribution in [3.63, 3.8) is 0 Å². The van der Waals surface area contributed by atoms with E-state index in [-0.39, 0.29) is 6.61 Å². The lowest BCUT2D eigenvalue weighted by atomic mass is 10.0. The summed E-state index contributed by atoms with van der Waals surface area (Å²) in [7, 11) is 0. The van der Waals surface area contributed by atoms with Crippen LogP contribution < -0.4 is 5.73 Å². The molecule has 0 aliphatic rings. The SMILES string of the molecule is Cc1ccc(F)c([C@@H](N)CCO)c1Cl. The van der Waals surface area contributed by atoms with Crippen LogP contribution in [0.2, 0.25) is 5.02 Å². The number of halogens is 2. The van der Waals surface area contributed by atoms with E-state index < -0.39 is 11.9 Å². The Hall–Kier alpha value is -0.640. The Morgan fingerprint density at radius 3 is 2.79 bits per heavy atom. The third-order valence-electron chi connectivity index (χ3n) is 2.13. The molecule has 0 amide bonds. The molecule has 4 heteroatoms. The van der Waals surface area contributed by atoms with Gasteiger partial charge in [-0.05, 0) is 25.0 Å². The summed E-state index contributed by atoms with van der Waals surface area (Å²) in [5, 5.41) is 9.06.